The van der Waals surface area contributed by atoms with Gasteiger partial charge < -0.3 is 9.64 Å². The van der Waals surface area contributed by atoms with Crippen LogP contribution in [0.25, 0.3) is 17.2 Å². The summed E-state index contributed by atoms with van der Waals surface area (Å²) < 4.78 is 19.6. The molecule has 36 heavy (non-hydrogen) atoms. The predicted octanol–water partition coefficient (Wildman–Crippen LogP) is 4.99. The Bertz CT molecular complexity index is 1110. The van der Waals surface area contributed by atoms with Crippen molar-refractivity contribution in [1.82, 2.24) is 14.8 Å². The molecular weight excluding hydrogens is 453 g/mol. The van der Waals surface area contributed by atoms with Crippen molar-refractivity contribution in [3.8, 4) is 11.1 Å². The molecule has 0 spiro atoms. The Balaban J connectivity index is 1.39. The number of rotatable bonds is 5. The van der Waals surface area contributed by atoms with Crippen molar-refractivity contribution < 1.29 is 13.9 Å². The minimum absolute atomic E-state index is 0.00588. The van der Waals surface area contributed by atoms with Gasteiger partial charge in [0.2, 0.25) is 0 Å². The number of hydrogen-bond acceptors (Lipinski definition) is 5. The number of aromatic nitrogens is 1. The van der Waals surface area contributed by atoms with E-state index in [9.17, 15) is 9.18 Å². The number of fused-ring (bicyclic) bond motifs is 1. The SMILES string of the molecule is C[C@H]1[C@H](C=Cc2ccc(-c3cccc(F)c3)cn2)[C@@H]2[C@@H](C)OC(=O)[C@]2(CN2CCN(C)CC2)C[C@@H]1C. The number of ether oxygens (including phenoxy) is 1. The van der Waals surface area contributed by atoms with Crippen molar-refractivity contribution in [3.05, 3.63) is 60.2 Å². The third kappa shape index (κ3) is 4.73. The lowest BCUT2D eigenvalue weighted by molar-refractivity contribution is -0.152. The molecule has 192 valence electrons. The lowest BCUT2D eigenvalue weighted by Crippen LogP contribution is -2.56. The molecule has 1 aromatic carbocycles. The van der Waals surface area contributed by atoms with Gasteiger partial charge in [0.1, 0.15) is 11.9 Å². The highest BCUT2D eigenvalue weighted by Gasteiger charge is 2.62. The summed E-state index contributed by atoms with van der Waals surface area (Å²) in [5, 5.41) is 0. The standard InChI is InChI=1S/C30H38FN3O2/c1-20-17-30(19-34-14-12-33(4)13-15-34)28(22(3)36-29(30)35)27(21(20)2)11-10-26-9-8-24(18-32-26)23-6-5-7-25(31)16-23/h5-11,16,18,20-22,27-28H,12-15,17,19H2,1-4H3/t20-,21+,22+,27-,28-,30-/m0/s1. The number of hydrogen-bond donors (Lipinski definition) is 0. The van der Waals surface area contributed by atoms with Crippen LogP contribution in [0, 0.1) is 34.9 Å². The molecule has 5 nitrogen and oxygen atoms in total. The van der Waals surface area contributed by atoms with Crippen LogP contribution >= 0.6 is 0 Å². The van der Waals surface area contributed by atoms with Crippen LogP contribution in [-0.4, -0.2) is 66.6 Å². The van der Waals surface area contributed by atoms with Gasteiger partial charge >= 0.3 is 5.97 Å². The molecule has 0 N–H and O–H groups in total. The Hall–Kier alpha value is -2.57. The molecule has 5 rings (SSSR count). The zero-order valence-corrected chi connectivity index (χ0v) is 21.9. The summed E-state index contributed by atoms with van der Waals surface area (Å²) in [4.78, 5) is 22.9. The quantitative estimate of drug-likeness (QED) is 0.552. The topological polar surface area (TPSA) is 45.7 Å². The van der Waals surface area contributed by atoms with Gasteiger partial charge in [-0.1, -0.05) is 38.1 Å². The molecule has 3 heterocycles. The summed E-state index contributed by atoms with van der Waals surface area (Å²) in [6, 6.07) is 10.5. The maximum absolute atomic E-state index is 13.6. The third-order valence-electron chi connectivity index (χ3n) is 8.98. The van der Waals surface area contributed by atoms with Crippen LogP contribution in [0.4, 0.5) is 4.39 Å². The molecule has 0 unspecified atom stereocenters. The van der Waals surface area contributed by atoms with E-state index in [-0.39, 0.29) is 29.7 Å². The first-order chi connectivity index (χ1) is 17.3. The normalized spacial score (nSPS) is 33.6. The molecule has 1 aromatic heterocycles. The molecular formula is C30H38FN3O2. The number of carbonyl (C=O) groups is 1. The first-order valence-electron chi connectivity index (χ1n) is 13.3. The fraction of sp³-hybridized carbons (Fsp3) is 0.533. The maximum Gasteiger partial charge on any atom is 0.314 e. The Morgan fingerprint density at radius 1 is 1.11 bits per heavy atom. The van der Waals surface area contributed by atoms with E-state index in [0.717, 1.165) is 56.0 Å². The van der Waals surface area contributed by atoms with Crippen molar-refractivity contribution in [2.24, 2.45) is 29.1 Å². The molecule has 1 saturated carbocycles. The number of esters is 1. The summed E-state index contributed by atoms with van der Waals surface area (Å²) >= 11 is 0. The minimum atomic E-state index is -0.453. The van der Waals surface area contributed by atoms with Gasteiger partial charge in [0.15, 0.2) is 0 Å². The minimum Gasteiger partial charge on any atom is -0.462 e. The molecule has 2 saturated heterocycles. The molecule has 0 amide bonds. The van der Waals surface area contributed by atoms with Gasteiger partial charge in [0, 0.05) is 50.4 Å². The van der Waals surface area contributed by atoms with Crippen LogP contribution < -0.4 is 0 Å². The van der Waals surface area contributed by atoms with Gasteiger partial charge in [-0.15, -0.1) is 0 Å². The molecule has 6 atom stereocenters. The van der Waals surface area contributed by atoms with E-state index < -0.39 is 5.41 Å². The largest absolute Gasteiger partial charge is 0.462 e. The van der Waals surface area contributed by atoms with Crippen LogP contribution in [0.5, 0.6) is 0 Å². The molecule has 0 radical (unpaired) electrons. The van der Waals surface area contributed by atoms with Crippen molar-refractivity contribution in [2.75, 3.05) is 39.8 Å². The fourth-order valence-corrected chi connectivity index (χ4v) is 6.80. The number of nitrogens with zero attached hydrogens (tertiary/aromatic N) is 3. The van der Waals surface area contributed by atoms with Crippen LogP contribution in [0.15, 0.2) is 48.7 Å². The Morgan fingerprint density at radius 2 is 1.89 bits per heavy atom. The third-order valence-corrected chi connectivity index (χ3v) is 8.98. The van der Waals surface area contributed by atoms with Crippen molar-refractivity contribution in [3.63, 3.8) is 0 Å². The van der Waals surface area contributed by atoms with E-state index in [4.69, 9.17) is 4.74 Å². The van der Waals surface area contributed by atoms with Crippen LogP contribution in [0.3, 0.4) is 0 Å². The highest BCUT2D eigenvalue weighted by Crippen LogP contribution is 2.56. The highest BCUT2D eigenvalue weighted by molar-refractivity contribution is 5.80. The van der Waals surface area contributed by atoms with Crippen LogP contribution in [0.2, 0.25) is 0 Å². The monoisotopic (exact) mass is 491 g/mol. The predicted molar refractivity (Wildman–Crippen MR) is 141 cm³/mol. The number of piperazine rings is 1. The van der Waals surface area contributed by atoms with Crippen LogP contribution in [-0.2, 0) is 9.53 Å². The van der Waals surface area contributed by atoms with Crippen molar-refractivity contribution in [1.29, 1.82) is 0 Å². The zero-order valence-electron chi connectivity index (χ0n) is 21.9. The lowest BCUT2D eigenvalue weighted by Gasteiger charge is -2.49. The van der Waals surface area contributed by atoms with Gasteiger partial charge in [-0.3, -0.25) is 14.7 Å². The van der Waals surface area contributed by atoms with E-state index in [1.54, 1.807) is 12.3 Å². The van der Waals surface area contributed by atoms with E-state index in [0.29, 0.717) is 11.8 Å². The van der Waals surface area contributed by atoms with Crippen molar-refractivity contribution >= 4 is 12.0 Å². The summed E-state index contributed by atoms with van der Waals surface area (Å²) in [6.07, 6.45) is 6.94. The zero-order chi connectivity index (χ0) is 25.4. The summed E-state index contributed by atoms with van der Waals surface area (Å²) in [7, 11) is 2.16. The molecule has 3 fully saturated rings. The highest BCUT2D eigenvalue weighted by atomic mass is 19.1. The van der Waals surface area contributed by atoms with E-state index in [2.05, 4.69) is 54.8 Å². The molecule has 0 bridgehead atoms. The number of halogens is 1. The lowest BCUT2D eigenvalue weighted by atomic mass is 9.54. The first-order valence-corrected chi connectivity index (χ1v) is 13.3. The Morgan fingerprint density at radius 3 is 2.58 bits per heavy atom. The van der Waals surface area contributed by atoms with Gasteiger partial charge in [0.25, 0.3) is 0 Å². The van der Waals surface area contributed by atoms with Crippen LogP contribution in [0.1, 0.15) is 32.9 Å². The molecule has 6 heteroatoms. The smallest absolute Gasteiger partial charge is 0.314 e. The second kappa shape index (κ2) is 10.1. The second-order valence-electron chi connectivity index (χ2n) is 11.3. The number of pyridine rings is 1. The Kier molecular flexibility index (Phi) is 7.01. The van der Waals surface area contributed by atoms with E-state index in [1.807, 2.05) is 18.2 Å². The average Bonchev–Trinajstić information content (AvgIpc) is 3.10. The van der Waals surface area contributed by atoms with Gasteiger partial charge in [0.05, 0.1) is 11.1 Å². The second-order valence-corrected chi connectivity index (χ2v) is 11.3. The Labute approximate surface area is 214 Å². The number of benzene rings is 1. The van der Waals surface area contributed by atoms with Gasteiger partial charge in [-0.2, -0.15) is 0 Å². The fourth-order valence-electron chi connectivity index (χ4n) is 6.80. The number of cyclic esters (lactones) is 1. The maximum atomic E-state index is 13.6. The molecule has 3 aliphatic rings. The molecule has 1 aliphatic carbocycles. The molecule has 2 aromatic rings. The van der Waals surface area contributed by atoms with Gasteiger partial charge in [-0.25, -0.2) is 4.39 Å². The first kappa shape index (κ1) is 25.1. The van der Waals surface area contributed by atoms with E-state index in [1.165, 1.54) is 12.1 Å². The van der Waals surface area contributed by atoms with E-state index >= 15 is 0 Å². The number of carbonyl (C=O) groups excluding carboxylic acids is 1. The van der Waals surface area contributed by atoms with Gasteiger partial charge in [-0.05, 0) is 68.0 Å². The molecule has 2 aliphatic heterocycles. The summed E-state index contributed by atoms with van der Waals surface area (Å²) in [5.41, 5.74) is 2.12. The summed E-state index contributed by atoms with van der Waals surface area (Å²) in [5.74, 6) is 0.985. The number of allylic oxidation sites excluding steroid dienone is 1. The van der Waals surface area contributed by atoms with Crippen molar-refractivity contribution in [2.45, 2.75) is 33.3 Å². The average molecular weight is 492 g/mol. The summed E-state index contributed by atoms with van der Waals surface area (Å²) in [6.45, 7) is 11.5. The number of likely N-dealkylation sites (N-methyl/N-ethyl adjacent to an activating group) is 1.